The molecule has 3 aromatic rings. The van der Waals surface area contributed by atoms with Crippen LogP contribution in [0.15, 0.2) is 46.9 Å². The molecule has 128 valence electrons. The van der Waals surface area contributed by atoms with Crippen LogP contribution in [-0.2, 0) is 0 Å². The van der Waals surface area contributed by atoms with Crippen molar-refractivity contribution in [1.82, 2.24) is 0 Å². The number of benzene rings is 3. The second-order valence-electron chi connectivity index (χ2n) is 6.22. The first-order valence-electron chi connectivity index (χ1n) is 8.06. The van der Waals surface area contributed by atoms with E-state index in [1.807, 2.05) is 44.2 Å². The van der Waals surface area contributed by atoms with E-state index in [1.165, 1.54) is 5.56 Å². The van der Waals surface area contributed by atoms with Crippen molar-refractivity contribution in [3.8, 4) is 5.75 Å². The zero-order valence-corrected chi connectivity index (χ0v) is 16.3. The van der Waals surface area contributed by atoms with Crippen LogP contribution in [0.5, 0.6) is 5.75 Å². The van der Waals surface area contributed by atoms with Gasteiger partial charge in [-0.3, -0.25) is 4.79 Å². The van der Waals surface area contributed by atoms with Crippen LogP contribution < -0.4 is 10.1 Å². The van der Waals surface area contributed by atoms with Gasteiger partial charge in [0.25, 0.3) is 5.91 Å². The molecule has 0 radical (unpaired) electrons. The van der Waals surface area contributed by atoms with Gasteiger partial charge < -0.3 is 10.1 Å². The molecule has 1 amide bonds. The SMILES string of the molecule is COc1c(C(=O)Nc2c(C)cc(C)cc2C)cc2ccccc2c1Br. The van der Waals surface area contributed by atoms with Gasteiger partial charge in [-0.25, -0.2) is 0 Å². The lowest BCUT2D eigenvalue weighted by atomic mass is 10.0. The Labute approximate surface area is 156 Å². The molecule has 25 heavy (non-hydrogen) atoms. The molecule has 0 aliphatic rings. The fourth-order valence-electron chi connectivity index (χ4n) is 3.21. The van der Waals surface area contributed by atoms with Gasteiger partial charge in [0, 0.05) is 5.69 Å². The molecule has 1 N–H and O–H groups in total. The summed E-state index contributed by atoms with van der Waals surface area (Å²) in [6, 6.07) is 13.9. The van der Waals surface area contributed by atoms with Gasteiger partial charge in [0.1, 0.15) is 5.75 Å². The number of aryl methyl sites for hydroxylation is 3. The number of hydrogen-bond acceptors (Lipinski definition) is 2. The Morgan fingerprint density at radius 1 is 1.04 bits per heavy atom. The zero-order chi connectivity index (χ0) is 18.1. The summed E-state index contributed by atoms with van der Waals surface area (Å²) in [6.45, 7) is 6.06. The summed E-state index contributed by atoms with van der Waals surface area (Å²) in [4.78, 5) is 13.0. The zero-order valence-electron chi connectivity index (χ0n) is 14.7. The number of fused-ring (bicyclic) bond motifs is 1. The van der Waals surface area contributed by atoms with Gasteiger partial charge in [0.05, 0.1) is 17.1 Å². The molecule has 0 aliphatic heterocycles. The van der Waals surface area contributed by atoms with Crippen molar-refractivity contribution in [2.24, 2.45) is 0 Å². The summed E-state index contributed by atoms with van der Waals surface area (Å²) in [5, 5.41) is 5.05. The Hall–Kier alpha value is -2.33. The maximum atomic E-state index is 13.0. The molecular weight excluding hydrogens is 378 g/mol. The molecule has 3 nitrogen and oxygen atoms in total. The van der Waals surface area contributed by atoms with Crippen LogP contribution in [0.1, 0.15) is 27.0 Å². The van der Waals surface area contributed by atoms with E-state index in [2.05, 4.69) is 40.3 Å². The van der Waals surface area contributed by atoms with Crippen LogP contribution in [0.3, 0.4) is 0 Å². The maximum Gasteiger partial charge on any atom is 0.259 e. The number of anilines is 1. The van der Waals surface area contributed by atoms with Gasteiger partial charge >= 0.3 is 0 Å². The molecule has 0 heterocycles. The van der Waals surface area contributed by atoms with Crippen molar-refractivity contribution in [2.45, 2.75) is 20.8 Å². The number of methoxy groups -OCH3 is 1. The van der Waals surface area contributed by atoms with Crippen molar-refractivity contribution in [2.75, 3.05) is 12.4 Å². The number of carbonyl (C=O) groups is 1. The third kappa shape index (κ3) is 3.27. The average molecular weight is 398 g/mol. The van der Waals surface area contributed by atoms with Crippen molar-refractivity contribution in [3.05, 3.63) is 69.2 Å². The first-order valence-corrected chi connectivity index (χ1v) is 8.86. The summed E-state index contributed by atoms with van der Waals surface area (Å²) in [5.41, 5.74) is 4.63. The highest BCUT2D eigenvalue weighted by atomic mass is 79.9. The molecule has 0 saturated carbocycles. The van der Waals surface area contributed by atoms with Crippen LogP contribution in [0, 0.1) is 20.8 Å². The van der Waals surface area contributed by atoms with Gasteiger partial charge in [0.2, 0.25) is 0 Å². The van der Waals surface area contributed by atoms with E-state index >= 15 is 0 Å². The van der Waals surface area contributed by atoms with Crippen molar-refractivity contribution < 1.29 is 9.53 Å². The monoisotopic (exact) mass is 397 g/mol. The van der Waals surface area contributed by atoms with Gasteiger partial charge in [-0.05, 0) is 64.7 Å². The van der Waals surface area contributed by atoms with E-state index in [4.69, 9.17) is 4.74 Å². The minimum absolute atomic E-state index is 0.182. The first kappa shape index (κ1) is 17.5. The van der Waals surface area contributed by atoms with Crippen LogP contribution >= 0.6 is 15.9 Å². The Bertz CT molecular complexity index is 956. The fraction of sp³-hybridized carbons (Fsp3) is 0.190. The maximum absolute atomic E-state index is 13.0. The van der Waals surface area contributed by atoms with E-state index in [0.29, 0.717) is 11.3 Å². The smallest absolute Gasteiger partial charge is 0.259 e. The number of carbonyl (C=O) groups excluding carboxylic acids is 1. The number of amides is 1. The van der Waals surface area contributed by atoms with Crippen molar-refractivity contribution >= 4 is 38.3 Å². The number of rotatable bonds is 3. The van der Waals surface area contributed by atoms with Crippen molar-refractivity contribution in [3.63, 3.8) is 0 Å². The highest BCUT2D eigenvalue weighted by molar-refractivity contribution is 9.10. The van der Waals surface area contributed by atoms with Gasteiger partial charge in [-0.2, -0.15) is 0 Å². The van der Waals surface area contributed by atoms with Gasteiger partial charge in [-0.1, -0.05) is 42.0 Å². The molecule has 3 aromatic carbocycles. The lowest BCUT2D eigenvalue weighted by molar-refractivity contribution is 0.102. The Morgan fingerprint density at radius 3 is 2.32 bits per heavy atom. The van der Waals surface area contributed by atoms with Crippen molar-refractivity contribution in [1.29, 1.82) is 0 Å². The summed E-state index contributed by atoms with van der Waals surface area (Å²) in [6.07, 6.45) is 0. The highest BCUT2D eigenvalue weighted by Gasteiger charge is 2.19. The second-order valence-corrected chi connectivity index (χ2v) is 7.01. The number of halogens is 1. The first-order chi connectivity index (χ1) is 11.9. The number of hydrogen-bond donors (Lipinski definition) is 1. The summed E-state index contributed by atoms with van der Waals surface area (Å²) in [7, 11) is 1.58. The second kappa shape index (κ2) is 6.89. The normalized spacial score (nSPS) is 10.8. The number of ether oxygens (including phenoxy) is 1. The predicted octanol–water partition coefficient (Wildman–Crippen LogP) is 5.79. The topological polar surface area (TPSA) is 38.3 Å². The van der Waals surface area contributed by atoms with E-state index < -0.39 is 0 Å². The largest absolute Gasteiger partial charge is 0.495 e. The minimum Gasteiger partial charge on any atom is -0.495 e. The quantitative estimate of drug-likeness (QED) is 0.607. The lowest BCUT2D eigenvalue weighted by Gasteiger charge is -2.16. The molecule has 0 aromatic heterocycles. The van der Waals surface area contributed by atoms with E-state index in [9.17, 15) is 4.79 Å². The van der Waals surface area contributed by atoms with Gasteiger partial charge in [0.15, 0.2) is 0 Å². The lowest BCUT2D eigenvalue weighted by Crippen LogP contribution is -2.15. The van der Waals surface area contributed by atoms with E-state index in [0.717, 1.165) is 32.1 Å². The van der Waals surface area contributed by atoms with Crippen LogP contribution in [-0.4, -0.2) is 13.0 Å². The third-order valence-corrected chi connectivity index (χ3v) is 5.09. The molecule has 0 bridgehead atoms. The van der Waals surface area contributed by atoms with E-state index in [-0.39, 0.29) is 5.91 Å². The summed E-state index contributed by atoms with van der Waals surface area (Å²) >= 11 is 3.58. The molecule has 0 spiro atoms. The summed E-state index contributed by atoms with van der Waals surface area (Å²) < 4.78 is 6.30. The van der Waals surface area contributed by atoms with Crippen LogP contribution in [0.25, 0.3) is 10.8 Å². The Morgan fingerprint density at radius 2 is 1.68 bits per heavy atom. The van der Waals surface area contributed by atoms with Crippen LogP contribution in [0.4, 0.5) is 5.69 Å². The molecule has 0 aliphatic carbocycles. The molecular formula is C21H20BrNO2. The third-order valence-electron chi connectivity index (χ3n) is 4.31. The predicted molar refractivity (Wildman–Crippen MR) is 107 cm³/mol. The van der Waals surface area contributed by atoms with E-state index in [1.54, 1.807) is 7.11 Å². The molecule has 0 unspecified atom stereocenters. The Balaban J connectivity index is 2.09. The highest BCUT2D eigenvalue weighted by Crippen LogP contribution is 2.37. The molecule has 4 heteroatoms. The molecule has 0 atom stereocenters. The molecule has 0 fully saturated rings. The fourth-order valence-corrected chi connectivity index (χ4v) is 3.95. The van der Waals surface area contributed by atoms with Gasteiger partial charge in [-0.15, -0.1) is 0 Å². The summed E-state index contributed by atoms with van der Waals surface area (Å²) in [5.74, 6) is 0.358. The standard InChI is InChI=1S/C21H20BrNO2/c1-12-9-13(2)19(14(3)10-12)23-21(24)17-11-15-7-5-6-8-16(15)18(22)20(17)25-4/h5-11H,1-4H3,(H,23,24). The average Bonchev–Trinajstić information content (AvgIpc) is 2.57. The van der Waals surface area contributed by atoms with Crippen LogP contribution in [0.2, 0.25) is 0 Å². The minimum atomic E-state index is -0.182. The number of nitrogens with one attached hydrogen (secondary N) is 1. The molecule has 3 rings (SSSR count). The molecule has 0 saturated heterocycles. The Kier molecular flexibility index (Phi) is 4.82.